The predicted octanol–water partition coefficient (Wildman–Crippen LogP) is 6.96. The first-order valence-electron chi connectivity index (χ1n) is 11.7. The van der Waals surface area contributed by atoms with Crippen LogP contribution in [0.15, 0.2) is 83.9 Å². The van der Waals surface area contributed by atoms with Crippen LogP contribution in [0.1, 0.15) is 23.6 Å². The van der Waals surface area contributed by atoms with Crippen molar-refractivity contribution in [3.63, 3.8) is 0 Å². The topological polar surface area (TPSA) is 47.4 Å². The molecule has 5 rings (SSSR count). The van der Waals surface area contributed by atoms with Crippen LogP contribution >= 0.6 is 24.0 Å². The van der Waals surface area contributed by atoms with E-state index in [0.29, 0.717) is 15.8 Å². The average Bonchev–Trinajstić information content (AvgIpc) is 3.42. The predicted molar refractivity (Wildman–Crippen MR) is 152 cm³/mol. The lowest BCUT2D eigenvalue weighted by atomic mass is 10.0. The van der Waals surface area contributed by atoms with Crippen LogP contribution in [0.5, 0.6) is 5.75 Å². The number of amides is 1. The molecule has 2 heterocycles. The zero-order valence-electron chi connectivity index (χ0n) is 20.3. The molecule has 1 fully saturated rings. The van der Waals surface area contributed by atoms with E-state index >= 15 is 0 Å². The van der Waals surface area contributed by atoms with Gasteiger partial charge >= 0.3 is 0 Å². The lowest BCUT2D eigenvalue weighted by Gasteiger charge is -2.14. The number of hydrogen-bond acceptors (Lipinski definition) is 5. The van der Waals surface area contributed by atoms with Crippen LogP contribution in [0.25, 0.3) is 23.0 Å². The molecule has 0 bridgehead atoms. The second kappa shape index (κ2) is 10.1. The fourth-order valence-electron chi connectivity index (χ4n) is 4.07. The fraction of sp³-hybridized carbons (Fsp3) is 0.138. The van der Waals surface area contributed by atoms with Crippen LogP contribution in [-0.4, -0.2) is 26.6 Å². The van der Waals surface area contributed by atoms with Gasteiger partial charge in [0.05, 0.1) is 22.9 Å². The van der Waals surface area contributed by atoms with Crippen molar-refractivity contribution < 1.29 is 9.53 Å². The van der Waals surface area contributed by atoms with Crippen molar-refractivity contribution in [1.82, 2.24) is 9.78 Å². The number of benzene rings is 3. The molecule has 0 radical (unpaired) electrons. The SMILES string of the molecule is CCOc1ccc(-c2nn(-c3ccccc3)cc2/C=C2\SC(=S)N(c3ccc(C)cc3)C2=O)cc1C. The highest BCUT2D eigenvalue weighted by atomic mass is 32.2. The second-order valence-electron chi connectivity index (χ2n) is 8.48. The molecule has 0 aliphatic carbocycles. The summed E-state index contributed by atoms with van der Waals surface area (Å²) in [5.41, 5.74) is 6.44. The average molecular weight is 512 g/mol. The highest BCUT2D eigenvalue weighted by molar-refractivity contribution is 8.27. The number of hydrogen-bond donors (Lipinski definition) is 0. The van der Waals surface area contributed by atoms with Crippen LogP contribution in [0.3, 0.4) is 0 Å². The van der Waals surface area contributed by atoms with E-state index < -0.39 is 0 Å². The monoisotopic (exact) mass is 511 g/mol. The van der Waals surface area contributed by atoms with Crippen molar-refractivity contribution in [3.8, 4) is 22.7 Å². The number of carbonyl (C=O) groups is 1. The molecule has 36 heavy (non-hydrogen) atoms. The van der Waals surface area contributed by atoms with Gasteiger partial charge in [0, 0.05) is 17.3 Å². The van der Waals surface area contributed by atoms with Gasteiger partial charge in [-0.3, -0.25) is 9.69 Å². The molecule has 1 aromatic heterocycles. The summed E-state index contributed by atoms with van der Waals surface area (Å²) in [5, 5.41) is 4.90. The van der Waals surface area contributed by atoms with Crippen LogP contribution in [0.4, 0.5) is 5.69 Å². The molecule has 4 aromatic rings. The van der Waals surface area contributed by atoms with E-state index in [1.54, 1.807) is 4.90 Å². The van der Waals surface area contributed by atoms with Crippen molar-refractivity contribution in [1.29, 1.82) is 0 Å². The quantitative estimate of drug-likeness (QED) is 0.207. The molecule has 180 valence electrons. The summed E-state index contributed by atoms with van der Waals surface area (Å²) in [6.45, 7) is 6.62. The molecule has 3 aromatic carbocycles. The number of aromatic nitrogens is 2. The van der Waals surface area contributed by atoms with Crippen molar-refractivity contribution in [2.75, 3.05) is 11.5 Å². The highest BCUT2D eigenvalue weighted by Gasteiger charge is 2.33. The third-order valence-corrected chi connectivity index (χ3v) is 7.19. The molecule has 5 nitrogen and oxygen atoms in total. The summed E-state index contributed by atoms with van der Waals surface area (Å²) in [5.74, 6) is 0.722. The maximum absolute atomic E-state index is 13.4. The second-order valence-corrected chi connectivity index (χ2v) is 10.2. The van der Waals surface area contributed by atoms with Gasteiger partial charge in [0.2, 0.25) is 0 Å². The van der Waals surface area contributed by atoms with Gasteiger partial charge < -0.3 is 4.74 Å². The summed E-state index contributed by atoms with van der Waals surface area (Å²) >= 11 is 6.89. The zero-order chi connectivity index (χ0) is 25.2. The van der Waals surface area contributed by atoms with Crippen molar-refractivity contribution in [3.05, 3.63) is 101 Å². The normalized spacial score (nSPS) is 14.6. The van der Waals surface area contributed by atoms with Gasteiger partial charge in [-0.15, -0.1) is 0 Å². The van der Waals surface area contributed by atoms with Gasteiger partial charge in [-0.2, -0.15) is 5.10 Å². The third kappa shape index (κ3) is 4.72. The molecule has 0 saturated carbocycles. The lowest BCUT2D eigenvalue weighted by Crippen LogP contribution is -2.27. The molecule has 0 atom stereocenters. The highest BCUT2D eigenvalue weighted by Crippen LogP contribution is 2.38. The summed E-state index contributed by atoms with van der Waals surface area (Å²) in [6.07, 6.45) is 3.84. The van der Waals surface area contributed by atoms with Gasteiger partial charge in [-0.1, -0.05) is 59.9 Å². The Morgan fingerprint density at radius 3 is 2.44 bits per heavy atom. The van der Waals surface area contributed by atoms with E-state index in [4.69, 9.17) is 22.1 Å². The van der Waals surface area contributed by atoms with E-state index in [9.17, 15) is 4.79 Å². The van der Waals surface area contributed by atoms with Crippen LogP contribution in [0.2, 0.25) is 0 Å². The number of aryl methyl sites for hydroxylation is 2. The third-order valence-electron chi connectivity index (χ3n) is 5.88. The molecular formula is C29H25N3O2S2. The van der Waals surface area contributed by atoms with E-state index in [2.05, 4.69) is 6.07 Å². The Balaban J connectivity index is 1.57. The molecular weight excluding hydrogens is 486 g/mol. The largest absolute Gasteiger partial charge is 0.494 e. The Kier molecular flexibility index (Phi) is 6.76. The van der Waals surface area contributed by atoms with E-state index in [0.717, 1.165) is 45.1 Å². The van der Waals surface area contributed by atoms with Crippen molar-refractivity contribution in [2.24, 2.45) is 0 Å². The smallest absolute Gasteiger partial charge is 0.270 e. The van der Waals surface area contributed by atoms with Gasteiger partial charge in [0.25, 0.3) is 5.91 Å². The summed E-state index contributed by atoms with van der Waals surface area (Å²) in [7, 11) is 0. The van der Waals surface area contributed by atoms with Crippen LogP contribution in [0, 0.1) is 13.8 Å². The lowest BCUT2D eigenvalue weighted by molar-refractivity contribution is -0.113. The van der Waals surface area contributed by atoms with Gasteiger partial charge in [-0.25, -0.2) is 4.68 Å². The minimum absolute atomic E-state index is 0.130. The number of para-hydroxylation sites is 1. The van der Waals surface area contributed by atoms with Crippen molar-refractivity contribution >= 4 is 46.0 Å². The first-order chi connectivity index (χ1) is 17.4. The zero-order valence-corrected chi connectivity index (χ0v) is 21.9. The molecule has 7 heteroatoms. The Bertz CT molecular complexity index is 1470. The number of rotatable bonds is 6. The summed E-state index contributed by atoms with van der Waals surface area (Å²) in [4.78, 5) is 15.6. The molecule has 0 spiro atoms. The molecule has 1 saturated heterocycles. The Morgan fingerprint density at radius 2 is 1.75 bits per heavy atom. The standard InChI is InChI=1S/C29H25N3O2S2/c1-4-34-25-15-12-21(16-20(25)3)27-22(18-31(30-27)23-8-6-5-7-9-23)17-26-28(33)32(29(35)36-26)24-13-10-19(2)11-14-24/h5-18H,4H2,1-3H3/b26-17-. The van der Waals surface area contributed by atoms with Gasteiger partial charge in [0.15, 0.2) is 4.32 Å². The number of nitrogens with zero attached hydrogens (tertiary/aromatic N) is 3. The van der Waals surface area contributed by atoms with Crippen LogP contribution in [-0.2, 0) is 4.79 Å². The minimum atomic E-state index is -0.130. The van der Waals surface area contributed by atoms with Crippen LogP contribution < -0.4 is 9.64 Å². The van der Waals surface area contributed by atoms with E-state index in [1.807, 2.05) is 104 Å². The Morgan fingerprint density at radius 1 is 1.00 bits per heavy atom. The Hall–Kier alpha value is -3.68. The first-order valence-corrected chi connectivity index (χ1v) is 12.9. The molecule has 0 N–H and O–H groups in total. The molecule has 1 amide bonds. The molecule has 1 aliphatic rings. The molecule has 1 aliphatic heterocycles. The maximum Gasteiger partial charge on any atom is 0.270 e. The minimum Gasteiger partial charge on any atom is -0.494 e. The number of thioether (sulfide) groups is 1. The first kappa shape index (κ1) is 24.0. The van der Waals surface area contributed by atoms with E-state index in [-0.39, 0.29) is 5.91 Å². The fourth-order valence-corrected chi connectivity index (χ4v) is 5.36. The maximum atomic E-state index is 13.4. The number of thiocarbonyl (C=S) groups is 1. The number of ether oxygens (including phenoxy) is 1. The molecule has 0 unspecified atom stereocenters. The van der Waals surface area contributed by atoms with Gasteiger partial charge in [-0.05, 0) is 74.9 Å². The van der Waals surface area contributed by atoms with Crippen molar-refractivity contribution in [2.45, 2.75) is 20.8 Å². The number of anilines is 1. The van der Waals surface area contributed by atoms with Gasteiger partial charge in [0.1, 0.15) is 11.4 Å². The van der Waals surface area contributed by atoms with E-state index in [1.165, 1.54) is 11.8 Å². The number of carbonyl (C=O) groups excluding carboxylic acids is 1. The summed E-state index contributed by atoms with van der Waals surface area (Å²) in [6, 6.07) is 23.8. The summed E-state index contributed by atoms with van der Waals surface area (Å²) < 4.78 is 8.08. The Labute approximate surface area is 220 Å².